The van der Waals surface area contributed by atoms with E-state index in [1.54, 1.807) is 30.3 Å². The predicted molar refractivity (Wildman–Crippen MR) is 144 cm³/mol. The highest BCUT2D eigenvalue weighted by Gasteiger charge is 2.31. The Balaban J connectivity index is 1.37. The van der Waals surface area contributed by atoms with Gasteiger partial charge in [0.15, 0.2) is 0 Å². The molecule has 0 spiro atoms. The molecule has 5 rings (SSSR count). The maximum absolute atomic E-state index is 12.6. The van der Waals surface area contributed by atoms with Crippen LogP contribution in [0.5, 0.6) is 17.2 Å². The van der Waals surface area contributed by atoms with Gasteiger partial charge in [-0.2, -0.15) is 5.26 Å². The number of allylic oxidation sites excluding steroid dienone is 1. The van der Waals surface area contributed by atoms with Crippen LogP contribution in [-0.4, -0.2) is 5.97 Å². The fraction of sp³-hybridized carbons (Fsp3) is 0.0968. The molecule has 0 saturated carbocycles. The van der Waals surface area contributed by atoms with E-state index < -0.39 is 11.9 Å². The SMILES string of the molecule is Cc1ccc(C(=O)Oc2ccc3c(c2)OC(N)=C(C#N)C3c2ccc(OCc3ccc(Cl)cc3)cc2)cc1. The number of carbonyl (C=O) groups excluding carboxylic acids is 1. The third kappa shape index (κ3) is 5.34. The second-order valence-electron chi connectivity index (χ2n) is 8.86. The van der Waals surface area contributed by atoms with E-state index in [-0.39, 0.29) is 5.88 Å². The van der Waals surface area contributed by atoms with Crippen molar-refractivity contribution in [1.82, 2.24) is 0 Å². The highest BCUT2D eigenvalue weighted by Crippen LogP contribution is 2.43. The van der Waals surface area contributed by atoms with Gasteiger partial charge in [-0.3, -0.25) is 0 Å². The van der Waals surface area contributed by atoms with E-state index in [0.29, 0.717) is 40.0 Å². The van der Waals surface area contributed by atoms with Gasteiger partial charge in [-0.25, -0.2) is 4.79 Å². The lowest BCUT2D eigenvalue weighted by atomic mass is 9.83. The van der Waals surface area contributed by atoms with E-state index >= 15 is 0 Å². The Morgan fingerprint density at radius 1 is 0.974 bits per heavy atom. The lowest BCUT2D eigenvalue weighted by molar-refractivity contribution is 0.0734. The van der Waals surface area contributed by atoms with Crippen molar-refractivity contribution in [1.29, 1.82) is 5.26 Å². The van der Waals surface area contributed by atoms with Crippen LogP contribution in [0, 0.1) is 18.3 Å². The number of nitrogens with zero attached hydrogens (tertiary/aromatic N) is 1. The summed E-state index contributed by atoms with van der Waals surface area (Å²) in [4.78, 5) is 12.6. The minimum Gasteiger partial charge on any atom is -0.489 e. The summed E-state index contributed by atoms with van der Waals surface area (Å²) in [7, 11) is 0. The molecule has 38 heavy (non-hydrogen) atoms. The molecule has 0 saturated heterocycles. The van der Waals surface area contributed by atoms with Gasteiger partial charge < -0.3 is 19.9 Å². The van der Waals surface area contributed by atoms with E-state index in [9.17, 15) is 10.1 Å². The zero-order valence-corrected chi connectivity index (χ0v) is 21.2. The van der Waals surface area contributed by atoms with Crippen LogP contribution in [-0.2, 0) is 6.61 Å². The molecule has 1 aliphatic heterocycles. The van der Waals surface area contributed by atoms with Crippen LogP contribution in [0.2, 0.25) is 5.02 Å². The van der Waals surface area contributed by atoms with Gasteiger partial charge in [0.1, 0.15) is 35.5 Å². The molecule has 4 aromatic carbocycles. The van der Waals surface area contributed by atoms with Crippen LogP contribution in [0.4, 0.5) is 0 Å². The number of fused-ring (bicyclic) bond motifs is 1. The number of aryl methyl sites for hydroxylation is 1. The molecule has 1 heterocycles. The largest absolute Gasteiger partial charge is 0.489 e. The van der Waals surface area contributed by atoms with Gasteiger partial charge in [0.2, 0.25) is 5.88 Å². The number of ether oxygens (including phenoxy) is 3. The lowest BCUT2D eigenvalue weighted by Gasteiger charge is -2.26. The Morgan fingerprint density at radius 2 is 1.66 bits per heavy atom. The highest BCUT2D eigenvalue weighted by atomic mass is 35.5. The first kappa shape index (κ1) is 24.9. The summed E-state index contributed by atoms with van der Waals surface area (Å²) in [6, 6.07) is 29.3. The number of nitrogens with two attached hydrogens (primary N) is 1. The van der Waals surface area contributed by atoms with Crippen molar-refractivity contribution in [2.75, 3.05) is 0 Å². The van der Waals surface area contributed by atoms with Crippen molar-refractivity contribution in [2.45, 2.75) is 19.4 Å². The first-order valence-corrected chi connectivity index (χ1v) is 12.3. The average Bonchev–Trinajstić information content (AvgIpc) is 2.92. The number of hydrogen-bond acceptors (Lipinski definition) is 6. The van der Waals surface area contributed by atoms with E-state index in [0.717, 1.165) is 22.3 Å². The summed E-state index contributed by atoms with van der Waals surface area (Å²) in [5.74, 6) is 0.500. The van der Waals surface area contributed by atoms with E-state index in [4.69, 9.17) is 31.5 Å². The summed E-state index contributed by atoms with van der Waals surface area (Å²) in [6.45, 7) is 2.35. The molecule has 0 radical (unpaired) electrons. The Kier molecular flexibility index (Phi) is 7.03. The van der Waals surface area contributed by atoms with Crippen LogP contribution < -0.4 is 19.9 Å². The smallest absolute Gasteiger partial charge is 0.343 e. The summed E-state index contributed by atoms with van der Waals surface area (Å²) in [5.41, 5.74) is 10.5. The number of nitriles is 1. The molecular formula is C31H23ClN2O4. The predicted octanol–water partition coefficient (Wildman–Crippen LogP) is 6.66. The van der Waals surface area contributed by atoms with Gasteiger partial charge in [-0.15, -0.1) is 0 Å². The van der Waals surface area contributed by atoms with E-state index in [1.807, 2.05) is 67.6 Å². The number of hydrogen-bond donors (Lipinski definition) is 1. The molecule has 0 aromatic heterocycles. The monoisotopic (exact) mass is 522 g/mol. The molecule has 188 valence electrons. The number of benzene rings is 4. The molecule has 7 heteroatoms. The molecular weight excluding hydrogens is 500 g/mol. The van der Waals surface area contributed by atoms with Crippen molar-refractivity contribution in [3.63, 3.8) is 0 Å². The van der Waals surface area contributed by atoms with E-state index in [2.05, 4.69) is 6.07 Å². The zero-order valence-electron chi connectivity index (χ0n) is 20.5. The molecule has 1 aliphatic rings. The molecule has 0 aliphatic carbocycles. The van der Waals surface area contributed by atoms with E-state index in [1.165, 1.54) is 0 Å². The minimum atomic E-state index is -0.479. The number of halogens is 1. The van der Waals surface area contributed by atoms with Crippen molar-refractivity contribution in [2.24, 2.45) is 5.73 Å². The van der Waals surface area contributed by atoms with Gasteiger partial charge in [-0.05, 0) is 60.5 Å². The average molecular weight is 523 g/mol. The van der Waals surface area contributed by atoms with Gasteiger partial charge >= 0.3 is 5.97 Å². The first-order chi connectivity index (χ1) is 18.4. The number of carbonyl (C=O) groups is 1. The third-order valence-corrected chi connectivity index (χ3v) is 6.47. The highest BCUT2D eigenvalue weighted by molar-refractivity contribution is 6.30. The zero-order chi connectivity index (χ0) is 26.6. The summed E-state index contributed by atoms with van der Waals surface area (Å²) < 4.78 is 17.2. The van der Waals surface area contributed by atoms with Gasteiger partial charge in [0.25, 0.3) is 0 Å². The Hall–Kier alpha value is -4.73. The molecule has 2 N–H and O–H groups in total. The molecule has 1 unspecified atom stereocenters. The first-order valence-electron chi connectivity index (χ1n) is 11.9. The van der Waals surface area contributed by atoms with Crippen molar-refractivity contribution < 1.29 is 19.0 Å². The normalized spacial score (nSPS) is 14.2. The molecule has 4 aromatic rings. The standard InChI is InChI=1S/C31H23ClN2O4/c1-19-2-6-22(7-3-19)31(35)37-25-14-15-26-28(16-25)38-30(34)27(17-33)29(26)21-8-12-24(13-9-21)36-18-20-4-10-23(32)11-5-20/h2-16,29H,18,34H2,1H3. The molecule has 0 fully saturated rings. The van der Waals surface area contributed by atoms with Gasteiger partial charge in [-0.1, -0.05) is 59.6 Å². The second-order valence-corrected chi connectivity index (χ2v) is 9.30. The summed E-state index contributed by atoms with van der Waals surface area (Å²) >= 11 is 5.94. The molecule has 0 bridgehead atoms. The molecule has 6 nitrogen and oxygen atoms in total. The fourth-order valence-corrected chi connectivity index (χ4v) is 4.33. The minimum absolute atomic E-state index is 0.00933. The van der Waals surface area contributed by atoms with Crippen molar-refractivity contribution in [3.05, 3.63) is 135 Å². The third-order valence-electron chi connectivity index (χ3n) is 6.22. The maximum atomic E-state index is 12.6. The lowest BCUT2D eigenvalue weighted by Crippen LogP contribution is -2.21. The van der Waals surface area contributed by atoms with Gasteiger partial charge in [0.05, 0.1) is 11.5 Å². The maximum Gasteiger partial charge on any atom is 0.343 e. The van der Waals surface area contributed by atoms with Crippen molar-refractivity contribution >= 4 is 17.6 Å². The molecule has 0 amide bonds. The number of esters is 1. The van der Waals surface area contributed by atoms with Crippen LogP contribution in [0.3, 0.4) is 0 Å². The fourth-order valence-electron chi connectivity index (χ4n) is 4.20. The Bertz CT molecular complexity index is 1550. The molecule has 1 atom stereocenters. The summed E-state index contributed by atoms with van der Waals surface area (Å²) in [6.07, 6.45) is 0. The Labute approximate surface area is 225 Å². The number of rotatable bonds is 6. The topological polar surface area (TPSA) is 94.6 Å². The van der Waals surface area contributed by atoms with Crippen LogP contribution in [0.1, 0.15) is 38.5 Å². The van der Waals surface area contributed by atoms with Crippen LogP contribution in [0.15, 0.2) is 102 Å². The van der Waals surface area contributed by atoms with Crippen LogP contribution in [0.25, 0.3) is 0 Å². The van der Waals surface area contributed by atoms with Crippen molar-refractivity contribution in [3.8, 4) is 23.3 Å². The Morgan fingerprint density at radius 3 is 2.34 bits per heavy atom. The van der Waals surface area contributed by atoms with Gasteiger partial charge in [0, 0.05) is 16.7 Å². The second kappa shape index (κ2) is 10.7. The quantitative estimate of drug-likeness (QED) is 0.224. The summed E-state index contributed by atoms with van der Waals surface area (Å²) in [5, 5.41) is 10.5. The van der Waals surface area contributed by atoms with Crippen LogP contribution >= 0.6 is 11.6 Å².